The summed E-state index contributed by atoms with van der Waals surface area (Å²) in [4.78, 5) is 13.5. The predicted molar refractivity (Wildman–Crippen MR) is 58.2 cm³/mol. The Labute approximate surface area is 87.4 Å². The molecule has 0 aliphatic rings. The minimum absolute atomic E-state index is 0.0671. The van der Waals surface area contributed by atoms with Gasteiger partial charge in [-0.1, -0.05) is 20.8 Å². The standard InChI is InChI=1S/C11H23NO2/c1-7-12(10(13)8-14-6)9(2)11(3,4)5/h9H,7-8H2,1-6H3/t9-/m0/s1. The molecule has 0 spiro atoms. The molecular formula is C11H23NO2. The lowest BCUT2D eigenvalue weighted by Crippen LogP contribution is -2.46. The first kappa shape index (κ1) is 13.4. The van der Waals surface area contributed by atoms with E-state index in [-0.39, 0.29) is 24.0 Å². The maximum absolute atomic E-state index is 11.7. The second kappa shape index (κ2) is 5.35. The van der Waals surface area contributed by atoms with Crippen LogP contribution in [0.2, 0.25) is 0 Å². The molecule has 3 nitrogen and oxygen atoms in total. The topological polar surface area (TPSA) is 29.5 Å². The van der Waals surface area contributed by atoms with E-state index in [4.69, 9.17) is 4.74 Å². The van der Waals surface area contributed by atoms with Crippen molar-refractivity contribution < 1.29 is 9.53 Å². The van der Waals surface area contributed by atoms with Crippen LogP contribution < -0.4 is 0 Å². The van der Waals surface area contributed by atoms with Crippen LogP contribution in [-0.4, -0.2) is 37.1 Å². The van der Waals surface area contributed by atoms with Crippen molar-refractivity contribution in [3.05, 3.63) is 0 Å². The maximum Gasteiger partial charge on any atom is 0.248 e. The Balaban J connectivity index is 4.48. The second-order valence-electron chi connectivity index (χ2n) is 4.65. The molecule has 0 saturated carbocycles. The number of hydrogen-bond acceptors (Lipinski definition) is 2. The zero-order valence-corrected chi connectivity index (χ0v) is 10.3. The van der Waals surface area contributed by atoms with Gasteiger partial charge in [-0.25, -0.2) is 0 Å². The van der Waals surface area contributed by atoms with Gasteiger partial charge >= 0.3 is 0 Å². The fourth-order valence-corrected chi connectivity index (χ4v) is 1.34. The van der Waals surface area contributed by atoms with Gasteiger partial charge in [0.05, 0.1) is 0 Å². The Morgan fingerprint density at radius 2 is 1.93 bits per heavy atom. The number of carbonyl (C=O) groups excluding carboxylic acids is 1. The lowest BCUT2D eigenvalue weighted by atomic mass is 9.87. The summed E-state index contributed by atoms with van der Waals surface area (Å²) in [6.07, 6.45) is 0. The van der Waals surface area contributed by atoms with E-state index in [0.717, 1.165) is 6.54 Å². The quantitative estimate of drug-likeness (QED) is 0.695. The largest absolute Gasteiger partial charge is 0.375 e. The van der Waals surface area contributed by atoms with E-state index in [1.54, 1.807) is 7.11 Å². The van der Waals surface area contributed by atoms with Crippen molar-refractivity contribution in [3.8, 4) is 0 Å². The average Bonchev–Trinajstić information content (AvgIpc) is 2.04. The predicted octanol–water partition coefficient (Wildman–Crippen LogP) is 1.92. The van der Waals surface area contributed by atoms with Crippen molar-refractivity contribution in [2.24, 2.45) is 5.41 Å². The monoisotopic (exact) mass is 201 g/mol. The highest BCUT2D eigenvalue weighted by Crippen LogP contribution is 2.23. The van der Waals surface area contributed by atoms with Gasteiger partial charge in [0, 0.05) is 19.7 Å². The third-order valence-electron chi connectivity index (χ3n) is 2.65. The molecule has 0 saturated heterocycles. The minimum Gasteiger partial charge on any atom is -0.375 e. The Morgan fingerprint density at radius 1 is 1.43 bits per heavy atom. The van der Waals surface area contributed by atoms with Gasteiger partial charge in [-0.2, -0.15) is 0 Å². The van der Waals surface area contributed by atoms with Crippen LogP contribution in [0.25, 0.3) is 0 Å². The summed E-state index contributed by atoms with van der Waals surface area (Å²) in [6, 6.07) is 0.232. The summed E-state index contributed by atoms with van der Waals surface area (Å²) in [5.74, 6) is 0.0671. The highest BCUT2D eigenvalue weighted by molar-refractivity contribution is 5.77. The Bertz CT molecular complexity index is 184. The van der Waals surface area contributed by atoms with Crippen LogP contribution in [0.15, 0.2) is 0 Å². The molecule has 0 radical (unpaired) electrons. The molecular weight excluding hydrogens is 178 g/mol. The molecule has 0 rings (SSSR count). The normalized spacial score (nSPS) is 13.9. The zero-order chi connectivity index (χ0) is 11.4. The lowest BCUT2D eigenvalue weighted by Gasteiger charge is -2.37. The van der Waals surface area contributed by atoms with Gasteiger partial charge in [0.15, 0.2) is 0 Å². The Hall–Kier alpha value is -0.570. The van der Waals surface area contributed by atoms with E-state index < -0.39 is 0 Å². The van der Waals surface area contributed by atoms with Crippen molar-refractivity contribution in [2.75, 3.05) is 20.3 Å². The van der Waals surface area contributed by atoms with Crippen LogP contribution in [0, 0.1) is 5.41 Å². The zero-order valence-electron chi connectivity index (χ0n) is 10.3. The third kappa shape index (κ3) is 3.66. The number of nitrogens with zero attached hydrogens (tertiary/aromatic N) is 1. The molecule has 0 fully saturated rings. The SMILES string of the molecule is CCN(C(=O)COC)[C@@H](C)C(C)(C)C. The number of carbonyl (C=O) groups is 1. The first-order chi connectivity index (χ1) is 6.34. The smallest absolute Gasteiger partial charge is 0.248 e. The van der Waals surface area contributed by atoms with Crippen LogP contribution in [0.3, 0.4) is 0 Å². The summed E-state index contributed by atoms with van der Waals surface area (Å²) in [6.45, 7) is 11.4. The summed E-state index contributed by atoms with van der Waals surface area (Å²) in [5.41, 5.74) is 0.111. The lowest BCUT2D eigenvalue weighted by molar-refractivity contribution is -0.139. The molecule has 0 aliphatic carbocycles. The average molecular weight is 201 g/mol. The fourth-order valence-electron chi connectivity index (χ4n) is 1.34. The molecule has 1 atom stereocenters. The van der Waals surface area contributed by atoms with E-state index in [9.17, 15) is 4.79 Å². The van der Waals surface area contributed by atoms with Crippen molar-refractivity contribution >= 4 is 5.91 Å². The van der Waals surface area contributed by atoms with E-state index in [1.165, 1.54) is 0 Å². The van der Waals surface area contributed by atoms with Crippen LogP contribution >= 0.6 is 0 Å². The van der Waals surface area contributed by atoms with E-state index >= 15 is 0 Å². The summed E-state index contributed by atoms with van der Waals surface area (Å²) < 4.78 is 4.86. The molecule has 0 N–H and O–H groups in total. The number of rotatable bonds is 4. The van der Waals surface area contributed by atoms with E-state index in [1.807, 2.05) is 11.8 Å². The highest BCUT2D eigenvalue weighted by Gasteiger charge is 2.28. The van der Waals surface area contributed by atoms with Crippen LogP contribution in [-0.2, 0) is 9.53 Å². The summed E-state index contributed by atoms with van der Waals surface area (Å²) in [5, 5.41) is 0. The molecule has 0 heterocycles. The summed E-state index contributed by atoms with van der Waals surface area (Å²) in [7, 11) is 1.55. The number of ether oxygens (including phenoxy) is 1. The molecule has 0 aromatic carbocycles. The molecule has 0 unspecified atom stereocenters. The van der Waals surface area contributed by atoms with Crippen LogP contribution in [0.1, 0.15) is 34.6 Å². The number of methoxy groups -OCH3 is 1. The first-order valence-corrected chi connectivity index (χ1v) is 5.13. The van der Waals surface area contributed by atoms with Gasteiger partial charge in [-0.05, 0) is 19.3 Å². The molecule has 0 aromatic rings. The van der Waals surface area contributed by atoms with Gasteiger partial charge in [-0.15, -0.1) is 0 Å². The van der Waals surface area contributed by atoms with Gasteiger partial charge < -0.3 is 9.64 Å². The van der Waals surface area contributed by atoms with Crippen molar-refractivity contribution in [1.29, 1.82) is 0 Å². The highest BCUT2D eigenvalue weighted by atomic mass is 16.5. The number of hydrogen-bond donors (Lipinski definition) is 0. The molecule has 3 heteroatoms. The fraction of sp³-hybridized carbons (Fsp3) is 0.909. The summed E-state index contributed by atoms with van der Waals surface area (Å²) >= 11 is 0. The Morgan fingerprint density at radius 3 is 2.21 bits per heavy atom. The molecule has 14 heavy (non-hydrogen) atoms. The van der Waals surface area contributed by atoms with Crippen molar-refractivity contribution in [1.82, 2.24) is 4.90 Å². The van der Waals surface area contributed by atoms with E-state index in [0.29, 0.717) is 0 Å². The van der Waals surface area contributed by atoms with Crippen molar-refractivity contribution in [2.45, 2.75) is 40.7 Å². The number of likely N-dealkylation sites (N-methyl/N-ethyl adjacent to an activating group) is 1. The third-order valence-corrected chi connectivity index (χ3v) is 2.65. The number of amides is 1. The second-order valence-corrected chi connectivity index (χ2v) is 4.65. The molecule has 0 aromatic heterocycles. The molecule has 0 bridgehead atoms. The molecule has 0 aliphatic heterocycles. The van der Waals surface area contributed by atoms with Gasteiger partial charge in [0.25, 0.3) is 0 Å². The minimum atomic E-state index is 0.0671. The first-order valence-electron chi connectivity index (χ1n) is 5.13. The van der Waals surface area contributed by atoms with E-state index in [2.05, 4.69) is 27.7 Å². The Kier molecular flexibility index (Phi) is 5.13. The van der Waals surface area contributed by atoms with Gasteiger partial charge in [0.1, 0.15) is 6.61 Å². The molecule has 1 amide bonds. The maximum atomic E-state index is 11.7. The van der Waals surface area contributed by atoms with Gasteiger partial charge in [-0.3, -0.25) is 4.79 Å². The van der Waals surface area contributed by atoms with Crippen LogP contribution in [0.4, 0.5) is 0 Å². The van der Waals surface area contributed by atoms with Crippen LogP contribution in [0.5, 0.6) is 0 Å². The molecule has 84 valence electrons. The van der Waals surface area contributed by atoms with Gasteiger partial charge in [0.2, 0.25) is 5.91 Å². The van der Waals surface area contributed by atoms with Crippen molar-refractivity contribution in [3.63, 3.8) is 0 Å².